The fraction of sp³-hybridized carbons (Fsp3) is 0.348. The molecule has 7 heteroatoms. The van der Waals surface area contributed by atoms with Gasteiger partial charge in [0, 0.05) is 23.6 Å². The van der Waals surface area contributed by atoms with Crippen LogP contribution in [-0.4, -0.2) is 43.6 Å². The standard InChI is InChI=1S/C23H22O7/c1-11(2)16-8-14-15(29-16)6-5-12-21(24)20-13-7-18(26-3)19(27-4)9-17(13)28-10-23(20,25)30-22(12)14/h5-7,9,16,20,25H,1,8,10H2,2-4H3/t16-,20+,23-/m1/s1. The summed E-state index contributed by atoms with van der Waals surface area (Å²) in [5.74, 6) is -0.667. The molecule has 0 fully saturated rings. The molecule has 0 bridgehead atoms. The zero-order chi connectivity index (χ0) is 21.2. The highest BCUT2D eigenvalue weighted by Gasteiger charge is 2.55. The van der Waals surface area contributed by atoms with Crippen LogP contribution in [0.5, 0.6) is 28.7 Å². The number of rotatable bonds is 3. The van der Waals surface area contributed by atoms with Crippen molar-refractivity contribution in [1.82, 2.24) is 0 Å². The lowest BCUT2D eigenvalue weighted by Gasteiger charge is -2.43. The second kappa shape index (κ2) is 6.40. The number of ketones is 1. The van der Waals surface area contributed by atoms with Gasteiger partial charge in [-0.25, -0.2) is 0 Å². The van der Waals surface area contributed by atoms with Gasteiger partial charge in [-0.2, -0.15) is 0 Å². The van der Waals surface area contributed by atoms with Gasteiger partial charge >= 0.3 is 0 Å². The third-order valence-electron chi connectivity index (χ3n) is 5.94. The lowest BCUT2D eigenvalue weighted by atomic mass is 9.79. The van der Waals surface area contributed by atoms with Crippen molar-refractivity contribution in [2.24, 2.45) is 0 Å². The number of benzene rings is 2. The van der Waals surface area contributed by atoms with Crippen LogP contribution in [-0.2, 0) is 6.42 Å². The van der Waals surface area contributed by atoms with Gasteiger partial charge in [0.2, 0.25) is 0 Å². The van der Waals surface area contributed by atoms with Gasteiger partial charge in [0.1, 0.15) is 29.3 Å². The molecule has 7 nitrogen and oxygen atoms in total. The van der Waals surface area contributed by atoms with E-state index in [0.717, 1.165) is 11.1 Å². The van der Waals surface area contributed by atoms with E-state index < -0.39 is 11.7 Å². The summed E-state index contributed by atoms with van der Waals surface area (Å²) >= 11 is 0. The summed E-state index contributed by atoms with van der Waals surface area (Å²) in [7, 11) is 3.03. The van der Waals surface area contributed by atoms with Crippen LogP contribution in [0.1, 0.15) is 34.3 Å². The SMILES string of the molecule is C=C(C)[C@H]1Cc2c(ccc3c2O[C@]2(O)COc4cc(OC)c(OC)cc4[C@H]2C3=O)O1. The molecule has 0 radical (unpaired) electrons. The molecule has 0 amide bonds. The van der Waals surface area contributed by atoms with Gasteiger partial charge in [0.25, 0.3) is 5.79 Å². The Morgan fingerprint density at radius 3 is 2.63 bits per heavy atom. The Hall–Kier alpha value is -3.19. The molecule has 5 rings (SSSR count). The minimum absolute atomic E-state index is 0.183. The van der Waals surface area contributed by atoms with Crippen LogP contribution in [0.25, 0.3) is 0 Å². The highest BCUT2D eigenvalue weighted by molar-refractivity contribution is 6.06. The normalized spacial score (nSPS) is 25.5. The average Bonchev–Trinajstić information content (AvgIpc) is 3.17. The molecule has 0 saturated carbocycles. The molecule has 0 aromatic heterocycles. The Kier molecular flexibility index (Phi) is 4.02. The van der Waals surface area contributed by atoms with Crippen molar-refractivity contribution in [2.75, 3.05) is 20.8 Å². The second-order valence-electron chi connectivity index (χ2n) is 7.85. The molecule has 3 atom stereocenters. The highest BCUT2D eigenvalue weighted by atomic mass is 16.7. The second-order valence-corrected chi connectivity index (χ2v) is 7.85. The quantitative estimate of drug-likeness (QED) is 0.779. The molecule has 3 aliphatic rings. The third-order valence-corrected chi connectivity index (χ3v) is 5.94. The van der Waals surface area contributed by atoms with E-state index in [9.17, 15) is 9.90 Å². The van der Waals surface area contributed by atoms with Crippen LogP contribution < -0.4 is 23.7 Å². The number of fused-ring (bicyclic) bond motifs is 6. The topological polar surface area (TPSA) is 83.5 Å². The zero-order valence-electron chi connectivity index (χ0n) is 17.0. The van der Waals surface area contributed by atoms with Crippen molar-refractivity contribution in [3.63, 3.8) is 0 Å². The largest absolute Gasteiger partial charge is 0.493 e. The van der Waals surface area contributed by atoms with Crippen molar-refractivity contribution < 1.29 is 33.6 Å². The van der Waals surface area contributed by atoms with Crippen molar-refractivity contribution in [3.8, 4) is 28.7 Å². The molecule has 156 valence electrons. The Morgan fingerprint density at radius 2 is 1.93 bits per heavy atom. The molecular weight excluding hydrogens is 388 g/mol. The fourth-order valence-corrected chi connectivity index (χ4v) is 4.38. The maximum Gasteiger partial charge on any atom is 0.256 e. The monoisotopic (exact) mass is 410 g/mol. The Labute approximate surface area is 173 Å². The molecule has 30 heavy (non-hydrogen) atoms. The summed E-state index contributed by atoms with van der Waals surface area (Å²) in [6.45, 7) is 5.66. The molecule has 0 aliphatic carbocycles. The smallest absolute Gasteiger partial charge is 0.256 e. The number of methoxy groups -OCH3 is 2. The van der Waals surface area contributed by atoms with Crippen molar-refractivity contribution in [3.05, 3.63) is 53.1 Å². The number of carbonyl (C=O) groups excluding carboxylic acids is 1. The van der Waals surface area contributed by atoms with Gasteiger partial charge in [-0.15, -0.1) is 0 Å². The molecule has 1 N–H and O–H groups in total. The molecule has 2 aromatic rings. The Bertz CT molecular complexity index is 1090. The van der Waals surface area contributed by atoms with E-state index in [1.165, 1.54) is 14.2 Å². The number of hydrogen-bond acceptors (Lipinski definition) is 7. The van der Waals surface area contributed by atoms with Gasteiger partial charge < -0.3 is 28.8 Å². The molecule has 3 heterocycles. The van der Waals surface area contributed by atoms with Gasteiger partial charge in [0.15, 0.2) is 23.9 Å². The summed E-state index contributed by atoms with van der Waals surface area (Å²) in [6.07, 6.45) is 0.349. The van der Waals surface area contributed by atoms with E-state index in [4.69, 9.17) is 23.7 Å². The molecule has 0 spiro atoms. The summed E-state index contributed by atoms with van der Waals surface area (Å²) < 4.78 is 28.5. The van der Waals surface area contributed by atoms with Gasteiger partial charge in [0.05, 0.1) is 19.8 Å². The first-order chi connectivity index (χ1) is 14.4. The van der Waals surface area contributed by atoms with Crippen molar-refractivity contribution in [2.45, 2.75) is 31.2 Å². The number of aliphatic hydroxyl groups is 1. The molecule has 2 aromatic carbocycles. The summed E-state index contributed by atoms with van der Waals surface area (Å²) in [6, 6.07) is 6.78. The highest BCUT2D eigenvalue weighted by Crippen LogP contribution is 2.52. The lowest BCUT2D eigenvalue weighted by molar-refractivity contribution is -0.180. The first kappa shape index (κ1) is 18.8. The third kappa shape index (κ3) is 2.51. The molecule has 3 aliphatic heterocycles. The average molecular weight is 410 g/mol. The van der Waals surface area contributed by atoms with Crippen molar-refractivity contribution in [1.29, 1.82) is 0 Å². The maximum atomic E-state index is 13.6. The summed E-state index contributed by atoms with van der Waals surface area (Å²) in [5, 5.41) is 11.4. The van der Waals surface area contributed by atoms with Crippen molar-refractivity contribution >= 4 is 5.78 Å². The van der Waals surface area contributed by atoms with Crippen LogP contribution in [0, 0.1) is 0 Å². The summed E-state index contributed by atoms with van der Waals surface area (Å²) in [4.78, 5) is 13.6. The minimum Gasteiger partial charge on any atom is -0.493 e. The first-order valence-electron chi connectivity index (χ1n) is 9.68. The fourth-order valence-electron chi connectivity index (χ4n) is 4.38. The van der Waals surface area contributed by atoms with Gasteiger partial charge in [-0.05, 0) is 30.7 Å². The predicted molar refractivity (Wildman–Crippen MR) is 107 cm³/mol. The van der Waals surface area contributed by atoms with E-state index in [1.807, 2.05) is 6.92 Å². The molecular formula is C23H22O7. The van der Waals surface area contributed by atoms with Crippen LogP contribution in [0.2, 0.25) is 0 Å². The van der Waals surface area contributed by atoms with Crippen LogP contribution in [0.3, 0.4) is 0 Å². The van der Waals surface area contributed by atoms with E-state index in [1.54, 1.807) is 24.3 Å². The van der Waals surface area contributed by atoms with E-state index in [2.05, 4.69) is 6.58 Å². The molecule has 0 saturated heterocycles. The number of ether oxygens (including phenoxy) is 5. The van der Waals surface area contributed by atoms with Gasteiger partial charge in [-0.3, -0.25) is 4.79 Å². The number of carbonyl (C=O) groups is 1. The maximum absolute atomic E-state index is 13.6. The van der Waals surface area contributed by atoms with Gasteiger partial charge in [-0.1, -0.05) is 6.58 Å². The Morgan fingerprint density at radius 1 is 1.20 bits per heavy atom. The van der Waals surface area contributed by atoms with E-state index in [-0.39, 0.29) is 18.5 Å². The van der Waals surface area contributed by atoms with Crippen LogP contribution >= 0.6 is 0 Å². The number of Topliss-reactive ketones (excluding diaryl/α,β-unsaturated/α-hetero) is 1. The summed E-state index contributed by atoms with van der Waals surface area (Å²) in [5.41, 5.74) is 2.55. The molecule has 0 unspecified atom stereocenters. The lowest BCUT2D eigenvalue weighted by Crippen LogP contribution is -2.55. The predicted octanol–water partition coefficient (Wildman–Crippen LogP) is 3.02. The van der Waals surface area contributed by atoms with E-state index in [0.29, 0.717) is 46.3 Å². The Balaban J connectivity index is 1.63. The number of hydrogen-bond donors (Lipinski definition) is 1. The van der Waals surface area contributed by atoms with Crippen LogP contribution in [0.15, 0.2) is 36.4 Å². The zero-order valence-corrected chi connectivity index (χ0v) is 17.0. The minimum atomic E-state index is -1.84. The van der Waals surface area contributed by atoms with E-state index >= 15 is 0 Å². The first-order valence-corrected chi connectivity index (χ1v) is 9.68. The van der Waals surface area contributed by atoms with Crippen LogP contribution in [0.4, 0.5) is 0 Å².